The van der Waals surface area contributed by atoms with Crippen LogP contribution in [-0.4, -0.2) is 31.1 Å². The SMILES string of the molecule is CCOP(=O)(C/C=C(\I)CO)OCC. The molecule has 0 aromatic carbocycles. The average Bonchev–Trinajstić information content (AvgIpc) is 2.15. The molecule has 0 aliphatic carbocycles. The molecule has 0 amide bonds. The van der Waals surface area contributed by atoms with Crippen LogP contribution >= 0.6 is 30.2 Å². The maximum Gasteiger partial charge on any atom is 0.334 e. The minimum atomic E-state index is -2.98. The maximum atomic E-state index is 11.9. The molecule has 0 aromatic heterocycles. The summed E-state index contributed by atoms with van der Waals surface area (Å²) in [4.78, 5) is 0. The van der Waals surface area contributed by atoms with Crippen molar-refractivity contribution >= 4 is 30.2 Å². The Kier molecular flexibility index (Phi) is 8.14. The second kappa shape index (κ2) is 7.82. The van der Waals surface area contributed by atoms with Gasteiger partial charge in [0.15, 0.2) is 0 Å². The molecular formula is C8H16IO4P. The van der Waals surface area contributed by atoms with E-state index in [1.54, 1.807) is 19.9 Å². The highest BCUT2D eigenvalue weighted by Gasteiger charge is 2.21. The largest absolute Gasteiger partial charge is 0.391 e. The first-order valence-electron chi connectivity index (χ1n) is 4.41. The highest BCUT2D eigenvalue weighted by atomic mass is 127. The Morgan fingerprint density at radius 2 is 1.93 bits per heavy atom. The summed E-state index contributed by atoms with van der Waals surface area (Å²) in [5.41, 5.74) is 0. The van der Waals surface area contributed by atoms with Crippen LogP contribution in [0.2, 0.25) is 0 Å². The quantitative estimate of drug-likeness (QED) is 0.574. The average molecular weight is 334 g/mol. The molecule has 0 heterocycles. The van der Waals surface area contributed by atoms with Gasteiger partial charge in [0.05, 0.1) is 26.0 Å². The monoisotopic (exact) mass is 334 g/mol. The fraction of sp³-hybridized carbons (Fsp3) is 0.750. The zero-order valence-electron chi connectivity index (χ0n) is 8.40. The van der Waals surface area contributed by atoms with E-state index in [0.29, 0.717) is 13.2 Å². The molecule has 0 rings (SSSR count). The van der Waals surface area contributed by atoms with Crippen LogP contribution in [0.3, 0.4) is 0 Å². The zero-order valence-corrected chi connectivity index (χ0v) is 11.5. The van der Waals surface area contributed by atoms with Gasteiger partial charge in [-0.05, 0) is 36.4 Å². The summed E-state index contributed by atoms with van der Waals surface area (Å²) in [5, 5.41) is 8.74. The lowest BCUT2D eigenvalue weighted by atomic mass is 10.6. The van der Waals surface area contributed by atoms with Crippen molar-refractivity contribution in [3.05, 3.63) is 9.66 Å². The number of halogens is 1. The van der Waals surface area contributed by atoms with Gasteiger partial charge in [0.2, 0.25) is 0 Å². The molecule has 0 bridgehead atoms. The van der Waals surface area contributed by atoms with E-state index in [-0.39, 0.29) is 12.8 Å². The third-order valence-electron chi connectivity index (χ3n) is 1.34. The highest BCUT2D eigenvalue weighted by molar-refractivity contribution is 14.1. The molecule has 0 aliphatic heterocycles. The van der Waals surface area contributed by atoms with Crippen LogP contribution in [0.15, 0.2) is 9.66 Å². The van der Waals surface area contributed by atoms with Gasteiger partial charge in [-0.1, -0.05) is 6.08 Å². The lowest BCUT2D eigenvalue weighted by Gasteiger charge is -2.15. The van der Waals surface area contributed by atoms with Crippen LogP contribution in [-0.2, 0) is 13.6 Å². The smallest absolute Gasteiger partial charge is 0.334 e. The minimum absolute atomic E-state index is 0.0428. The van der Waals surface area contributed by atoms with E-state index in [1.807, 2.05) is 22.6 Å². The van der Waals surface area contributed by atoms with Gasteiger partial charge in [0.25, 0.3) is 0 Å². The van der Waals surface area contributed by atoms with Gasteiger partial charge in [-0.3, -0.25) is 4.57 Å². The van der Waals surface area contributed by atoms with Crippen molar-refractivity contribution in [1.29, 1.82) is 0 Å². The third-order valence-corrected chi connectivity index (χ3v) is 4.05. The molecule has 0 saturated heterocycles. The van der Waals surface area contributed by atoms with E-state index in [2.05, 4.69) is 0 Å². The van der Waals surface area contributed by atoms with Crippen molar-refractivity contribution in [2.45, 2.75) is 13.8 Å². The van der Waals surface area contributed by atoms with E-state index < -0.39 is 7.60 Å². The molecular weight excluding hydrogens is 318 g/mol. The Hall–Kier alpha value is 0.580. The number of hydrogen-bond acceptors (Lipinski definition) is 4. The van der Waals surface area contributed by atoms with Gasteiger partial charge in [-0.2, -0.15) is 0 Å². The van der Waals surface area contributed by atoms with Crippen LogP contribution in [0, 0.1) is 0 Å². The van der Waals surface area contributed by atoms with Crippen molar-refractivity contribution < 1.29 is 18.7 Å². The molecule has 0 fully saturated rings. The van der Waals surface area contributed by atoms with Crippen molar-refractivity contribution in [2.75, 3.05) is 26.0 Å². The fourth-order valence-electron chi connectivity index (χ4n) is 0.811. The van der Waals surface area contributed by atoms with Crippen LogP contribution in [0.5, 0.6) is 0 Å². The summed E-state index contributed by atoms with van der Waals surface area (Å²) in [6, 6.07) is 0. The van der Waals surface area contributed by atoms with E-state index in [9.17, 15) is 4.57 Å². The Morgan fingerprint density at radius 3 is 2.29 bits per heavy atom. The number of aliphatic hydroxyl groups is 1. The van der Waals surface area contributed by atoms with E-state index >= 15 is 0 Å². The lowest BCUT2D eigenvalue weighted by molar-refractivity contribution is 0.222. The topological polar surface area (TPSA) is 55.8 Å². The Balaban J connectivity index is 4.29. The van der Waals surface area contributed by atoms with Crippen LogP contribution < -0.4 is 0 Å². The molecule has 14 heavy (non-hydrogen) atoms. The van der Waals surface area contributed by atoms with Crippen molar-refractivity contribution in [3.8, 4) is 0 Å². The van der Waals surface area contributed by atoms with Gasteiger partial charge in [-0.25, -0.2) is 0 Å². The first-order valence-corrected chi connectivity index (χ1v) is 7.22. The standard InChI is InChI=1S/C8H16IO4P/c1-3-12-14(11,13-4-2)6-5-8(9)7-10/h5,10H,3-4,6-7H2,1-2H3/b8-5-. The number of allylic oxidation sites excluding steroid dienone is 1. The van der Waals surface area contributed by atoms with Crippen LogP contribution in [0.1, 0.15) is 13.8 Å². The Labute approximate surface area is 98.4 Å². The minimum Gasteiger partial charge on any atom is -0.391 e. The normalized spacial score (nSPS) is 13.3. The second-order valence-corrected chi connectivity index (χ2v) is 5.93. The van der Waals surface area contributed by atoms with Crippen molar-refractivity contribution in [3.63, 3.8) is 0 Å². The van der Waals surface area contributed by atoms with Gasteiger partial charge in [0.1, 0.15) is 0 Å². The molecule has 6 heteroatoms. The predicted molar refractivity (Wildman–Crippen MR) is 64.9 cm³/mol. The second-order valence-electron chi connectivity index (χ2n) is 2.44. The number of rotatable bonds is 7. The van der Waals surface area contributed by atoms with Gasteiger partial charge >= 0.3 is 7.60 Å². The predicted octanol–water partition coefficient (Wildman–Crippen LogP) is 2.56. The van der Waals surface area contributed by atoms with E-state index in [4.69, 9.17) is 14.2 Å². The van der Waals surface area contributed by atoms with Gasteiger partial charge in [-0.15, -0.1) is 0 Å². The molecule has 0 radical (unpaired) electrons. The molecule has 84 valence electrons. The summed E-state index contributed by atoms with van der Waals surface area (Å²) >= 11 is 1.98. The third kappa shape index (κ3) is 6.14. The first-order chi connectivity index (χ1) is 6.58. The summed E-state index contributed by atoms with van der Waals surface area (Å²) in [6.45, 7) is 4.22. The molecule has 0 saturated carbocycles. The Bertz CT molecular complexity index is 219. The first kappa shape index (κ1) is 14.6. The summed E-state index contributed by atoms with van der Waals surface area (Å²) < 4.78 is 22.7. The molecule has 0 aromatic rings. The molecule has 0 unspecified atom stereocenters. The lowest BCUT2D eigenvalue weighted by Crippen LogP contribution is -1.99. The molecule has 0 aliphatic rings. The van der Waals surface area contributed by atoms with Crippen LogP contribution in [0.4, 0.5) is 0 Å². The van der Waals surface area contributed by atoms with Gasteiger partial charge in [0, 0.05) is 3.58 Å². The molecule has 0 spiro atoms. The van der Waals surface area contributed by atoms with E-state index in [0.717, 1.165) is 3.58 Å². The number of hydrogen-bond donors (Lipinski definition) is 1. The summed E-state index contributed by atoms with van der Waals surface area (Å²) in [7, 11) is -2.98. The number of aliphatic hydroxyl groups excluding tert-OH is 1. The summed E-state index contributed by atoms with van der Waals surface area (Å²) in [5.74, 6) is 0. The van der Waals surface area contributed by atoms with E-state index in [1.165, 1.54) is 0 Å². The maximum absolute atomic E-state index is 11.9. The molecule has 1 N–H and O–H groups in total. The van der Waals surface area contributed by atoms with Gasteiger partial charge < -0.3 is 14.2 Å². The Morgan fingerprint density at radius 1 is 1.43 bits per heavy atom. The van der Waals surface area contributed by atoms with Crippen LogP contribution in [0.25, 0.3) is 0 Å². The zero-order chi connectivity index (χ0) is 11.0. The summed E-state index contributed by atoms with van der Waals surface area (Å²) in [6.07, 6.45) is 1.89. The fourth-order valence-corrected chi connectivity index (χ4v) is 2.90. The van der Waals surface area contributed by atoms with Crippen molar-refractivity contribution in [1.82, 2.24) is 0 Å². The highest BCUT2D eigenvalue weighted by Crippen LogP contribution is 2.48. The van der Waals surface area contributed by atoms with Crippen molar-refractivity contribution in [2.24, 2.45) is 0 Å². The molecule has 4 nitrogen and oxygen atoms in total. The molecule has 0 atom stereocenters.